The van der Waals surface area contributed by atoms with E-state index in [0.717, 1.165) is 37.8 Å². The summed E-state index contributed by atoms with van der Waals surface area (Å²) in [5.41, 5.74) is 5.10. The molecular formula is C21H15FN4S. The molecule has 5 rings (SSSR count). The monoisotopic (exact) mass is 374 g/mol. The Balaban J connectivity index is 1.58. The third kappa shape index (κ3) is 2.84. The van der Waals surface area contributed by atoms with Crippen molar-refractivity contribution < 1.29 is 4.39 Å². The van der Waals surface area contributed by atoms with Gasteiger partial charge in [-0.15, -0.1) is 11.3 Å². The number of halogens is 1. The Kier molecular flexibility index (Phi) is 3.65. The van der Waals surface area contributed by atoms with Crippen LogP contribution in [0.15, 0.2) is 73.3 Å². The standard InChI is InChI=1S/C21H15FN4S/c1-25-12-16(10-24-25)15-4-9-21-23-11-18(26(21)13-15)20-8-7-19(27-20)14-2-5-17(22)6-3-14/h2-13H,1H3. The molecule has 4 nitrogen and oxygen atoms in total. The van der Waals surface area contributed by atoms with Gasteiger partial charge in [0, 0.05) is 35.4 Å². The normalized spacial score (nSPS) is 11.3. The maximum absolute atomic E-state index is 13.2. The molecule has 4 heterocycles. The van der Waals surface area contributed by atoms with E-state index in [1.165, 1.54) is 12.1 Å². The maximum Gasteiger partial charge on any atom is 0.137 e. The molecule has 0 bridgehead atoms. The minimum absolute atomic E-state index is 0.222. The first-order valence-electron chi connectivity index (χ1n) is 8.50. The molecule has 0 amide bonds. The summed E-state index contributed by atoms with van der Waals surface area (Å²) in [7, 11) is 1.91. The van der Waals surface area contributed by atoms with Crippen molar-refractivity contribution in [2.75, 3.05) is 0 Å². The molecule has 0 saturated carbocycles. The SMILES string of the molecule is Cn1cc(-c2ccc3ncc(-c4ccc(-c5ccc(F)cc5)s4)n3c2)cn1. The Hall–Kier alpha value is -3.25. The Morgan fingerprint density at radius 2 is 1.59 bits per heavy atom. The van der Waals surface area contributed by atoms with Gasteiger partial charge in [0.2, 0.25) is 0 Å². The van der Waals surface area contributed by atoms with Crippen LogP contribution in [0.5, 0.6) is 0 Å². The predicted molar refractivity (Wildman–Crippen MR) is 106 cm³/mol. The molecule has 1 aromatic carbocycles. The van der Waals surface area contributed by atoms with Crippen LogP contribution in [-0.4, -0.2) is 19.2 Å². The molecular weight excluding hydrogens is 359 g/mol. The summed E-state index contributed by atoms with van der Waals surface area (Å²) in [6.07, 6.45) is 7.83. The second-order valence-corrected chi connectivity index (χ2v) is 7.45. The van der Waals surface area contributed by atoms with Crippen LogP contribution in [0.1, 0.15) is 0 Å². The van der Waals surface area contributed by atoms with Gasteiger partial charge < -0.3 is 0 Å². The number of rotatable bonds is 3. The Bertz CT molecular complexity index is 1250. The topological polar surface area (TPSA) is 35.1 Å². The highest BCUT2D eigenvalue weighted by Gasteiger charge is 2.11. The fourth-order valence-electron chi connectivity index (χ4n) is 3.15. The van der Waals surface area contributed by atoms with Crippen molar-refractivity contribution in [1.82, 2.24) is 19.2 Å². The molecule has 0 saturated heterocycles. The molecule has 0 N–H and O–H groups in total. The fourth-order valence-corrected chi connectivity index (χ4v) is 4.17. The highest BCUT2D eigenvalue weighted by molar-refractivity contribution is 7.18. The lowest BCUT2D eigenvalue weighted by molar-refractivity contribution is 0.628. The Morgan fingerprint density at radius 1 is 0.815 bits per heavy atom. The highest BCUT2D eigenvalue weighted by Crippen LogP contribution is 2.35. The molecule has 5 aromatic rings. The number of nitrogens with zero attached hydrogens (tertiary/aromatic N) is 4. The molecule has 0 aliphatic heterocycles. The number of benzene rings is 1. The number of imidazole rings is 1. The number of hydrogen-bond donors (Lipinski definition) is 0. The summed E-state index contributed by atoms with van der Waals surface area (Å²) in [5.74, 6) is -0.222. The first kappa shape index (κ1) is 16.0. The number of pyridine rings is 1. The number of aryl methyl sites for hydroxylation is 1. The van der Waals surface area contributed by atoms with E-state index in [9.17, 15) is 4.39 Å². The van der Waals surface area contributed by atoms with E-state index in [-0.39, 0.29) is 5.82 Å². The van der Waals surface area contributed by atoms with Crippen LogP contribution in [-0.2, 0) is 7.05 Å². The van der Waals surface area contributed by atoms with Crippen molar-refractivity contribution in [2.45, 2.75) is 0 Å². The zero-order valence-corrected chi connectivity index (χ0v) is 15.3. The van der Waals surface area contributed by atoms with Crippen molar-refractivity contribution in [3.63, 3.8) is 0 Å². The molecule has 0 atom stereocenters. The largest absolute Gasteiger partial charge is 0.298 e. The molecule has 0 aliphatic carbocycles. The molecule has 0 radical (unpaired) electrons. The zero-order valence-electron chi connectivity index (χ0n) is 14.5. The van der Waals surface area contributed by atoms with Gasteiger partial charge in [-0.3, -0.25) is 9.08 Å². The fraction of sp³-hybridized carbons (Fsp3) is 0.0476. The van der Waals surface area contributed by atoms with Gasteiger partial charge in [0.1, 0.15) is 11.5 Å². The Labute approximate surface area is 159 Å². The van der Waals surface area contributed by atoms with E-state index >= 15 is 0 Å². The molecule has 0 fully saturated rings. The minimum Gasteiger partial charge on any atom is -0.298 e. The first-order valence-corrected chi connectivity index (χ1v) is 9.31. The number of thiophene rings is 1. The van der Waals surface area contributed by atoms with Gasteiger partial charge in [0.05, 0.1) is 23.0 Å². The zero-order chi connectivity index (χ0) is 18.4. The summed E-state index contributed by atoms with van der Waals surface area (Å²) in [6.45, 7) is 0. The van der Waals surface area contributed by atoms with E-state index in [0.29, 0.717) is 0 Å². The number of aromatic nitrogens is 4. The van der Waals surface area contributed by atoms with E-state index in [1.807, 2.05) is 31.7 Å². The third-order valence-electron chi connectivity index (χ3n) is 4.53. The summed E-state index contributed by atoms with van der Waals surface area (Å²) in [4.78, 5) is 6.74. The van der Waals surface area contributed by atoms with Crippen molar-refractivity contribution in [2.24, 2.45) is 7.05 Å². The smallest absolute Gasteiger partial charge is 0.137 e. The quantitative estimate of drug-likeness (QED) is 0.431. The third-order valence-corrected chi connectivity index (χ3v) is 5.69. The van der Waals surface area contributed by atoms with Gasteiger partial charge in [0.25, 0.3) is 0 Å². The van der Waals surface area contributed by atoms with Crippen molar-refractivity contribution >= 4 is 17.0 Å². The van der Waals surface area contributed by atoms with Crippen LogP contribution in [0.4, 0.5) is 4.39 Å². The van der Waals surface area contributed by atoms with Crippen molar-refractivity contribution in [3.05, 3.63) is 79.1 Å². The second kappa shape index (κ2) is 6.17. The van der Waals surface area contributed by atoms with Gasteiger partial charge in [-0.2, -0.15) is 5.10 Å². The van der Waals surface area contributed by atoms with Crippen LogP contribution < -0.4 is 0 Å². The van der Waals surface area contributed by atoms with Crippen molar-refractivity contribution in [3.8, 4) is 32.1 Å². The van der Waals surface area contributed by atoms with Gasteiger partial charge in [-0.05, 0) is 42.0 Å². The van der Waals surface area contributed by atoms with E-state index in [2.05, 4.69) is 38.9 Å². The molecule has 0 unspecified atom stereocenters. The molecule has 6 heteroatoms. The number of hydrogen-bond acceptors (Lipinski definition) is 3. The highest BCUT2D eigenvalue weighted by atomic mass is 32.1. The average molecular weight is 374 g/mol. The maximum atomic E-state index is 13.2. The summed E-state index contributed by atoms with van der Waals surface area (Å²) < 4.78 is 17.1. The summed E-state index contributed by atoms with van der Waals surface area (Å²) in [5, 5.41) is 4.25. The predicted octanol–water partition coefficient (Wildman–Crippen LogP) is 5.27. The van der Waals surface area contributed by atoms with Crippen LogP contribution >= 0.6 is 11.3 Å². The van der Waals surface area contributed by atoms with Gasteiger partial charge in [-0.1, -0.05) is 12.1 Å². The average Bonchev–Trinajstić information content (AvgIpc) is 3.40. The molecule has 4 aromatic heterocycles. The summed E-state index contributed by atoms with van der Waals surface area (Å²) >= 11 is 1.67. The molecule has 0 spiro atoms. The van der Waals surface area contributed by atoms with Gasteiger partial charge in [0.15, 0.2) is 0 Å². The van der Waals surface area contributed by atoms with E-state index in [4.69, 9.17) is 0 Å². The molecule has 132 valence electrons. The molecule has 27 heavy (non-hydrogen) atoms. The van der Waals surface area contributed by atoms with Gasteiger partial charge in [-0.25, -0.2) is 9.37 Å². The second-order valence-electron chi connectivity index (χ2n) is 6.36. The van der Waals surface area contributed by atoms with Crippen LogP contribution in [0.25, 0.3) is 37.8 Å². The van der Waals surface area contributed by atoms with Crippen LogP contribution in [0.3, 0.4) is 0 Å². The lowest BCUT2D eigenvalue weighted by Gasteiger charge is -2.03. The van der Waals surface area contributed by atoms with E-state index < -0.39 is 0 Å². The lowest BCUT2D eigenvalue weighted by atomic mass is 10.1. The molecule has 0 aliphatic rings. The number of fused-ring (bicyclic) bond motifs is 1. The lowest BCUT2D eigenvalue weighted by Crippen LogP contribution is -1.88. The first-order chi connectivity index (χ1) is 13.2. The van der Waals surface area contributed by atoms with Crippen LogP contribution in [0, 0.1) is 5.82 Å². The van der Waals surface area contributed by atoms with E-state index in [1.54, 1.807) is 28.2 Å². The Morgan fingerprint density at radius 3 is 2.37 bits per heavy atom. The van der Waals surface area contributed by atoms with Gasteiger partial charge >= 0.3 is 0 Å². The summed E-state index contributed by atoms with van der Waals surface area (Å²) in [6, 6.07) is 14.8. The van der Waals surface area contributed by atoms with Crippen LogP contribution in [0.2, 0.25) is 0 Å². The minimum atomic E-state index is -0.222. The van der Waals surface area contributed by atoms with Crippen molar-refractivity contribution in [1.29, 1.82) is 0 Å².